The minimum atomic E-state index is -1.14. The number of benzene rings is 2. The molecule has 3 aromatic rings. The largest absolute Gasteiger partial charge is 0.493 e. The maximum absolute atomic E-state index is 11.5. The summed E-state index contributed by atoms with van der Waals surface area (Å²) < 4.78 is 20.9. The second-order valence-electron chi connectivity index (χ2n) is 6.07. The standard InChI is InChI=1S/C22H19NO7/c1-27-20-11-14(12-23-16-6-4-15(5-7-16)22(26)28-2)3-9-18(20)29-13-17-8-10-19(30-17)21(24)25/h3-12H,13H2,1-2H3,(H,24,25). The quantitative estimate of drug-likeness (QED) is 0.441. The third kappa shape index (κ3) is 5.05. The van der Waals surface area contributed by atoms with Crippen LogP contribution in [0.2, 0.25) is 0 Å². The highest BCUT2D eigenvalue weighted by atomic mass is 16.5. The summed E-state index contributed by atoms with van der Waals surface area (Å²) in [4.78, 5) is 26.7. The molecule has 1 N–H and O–H groups in total. The Hall–Kier alpha value is -4.07. The predicted molar refractivity (Wildman–Crippen MR) is 108 cm³/mol. The molecule has 0 spiro atoms. The lowest BCUT2D eigenvalue weighted by Crippen LogP contribution is -1.99. The van der Waals surface area contributed by atoms with Gasteiger partial charge in [-0.05, 0) is 60.2 Å². The Balaban J connectivity index is 1.67. The van der Waals surface area contributed by atoms with Crippen LogP contribution in [0.5, 0.6) is 11.5 Å². The van der Waals surface area contributed by atoms with Gasteiger partial charge in [0.05, 0.1) is 25.5 Å². The van der Waals surface area contributed by atoms with E-state index in [9.17, 15) is 9.59 Å². The number of rotatable bonds is 8. The van der Waals surface area contributed by atoms with E-state index in [-0.39, 0.29) is 12.4 Å². The molecule has 0 saturated heterocycles. The van der Waals surface area contributed by atoms with Gasteiger partial charge in [-0.1, -0.05) is 0 Å². The Labute approximate surface area is 172 Å². The van der Waals surface area contributed by atoms with E-state index in [2.05, 4.69) is 9.73 Å². The summed E-state index contributed by atoms with van der Waals surface area (Å²) in [6.07, 6.45) is 1.66. The van der Waals surface area contributed by atoms with Gasteiger partial charge in [-0.15, -0.1) is 0 Å². The van der Waals surface area contributed by atoms with Crippen LogP contribution in [-0.4, -0.2) is 37.5 Å². The monoisotopic (exact) mass is 409 g/mol. The molecule has 0 amide bonds. The molecule has 0 aliphatic carbocycles. The van der Waals surface area contributed by atoms with Gasteiger partial charge in [0.15, 0.2) is 11.5 Å². The van der Waals surface area contributed by atoms with Crippen LogP contribution in [0.15, 0.2) is 64.0 Å². The van der Waals surface area contributed by atoms with Crippen molar-refractivity contribution in [1.29, 1.82) is 0 Å². The van der Waals surface area contributed by atoms with Gasteiger partial charge in [-0.3, -0.25) is 4.99 Å². The Morgan fingerprint density at radius 3 is 2.43 bits per heavy atom. The number of methoxy groups -OCH3 is 2. The van der Waals surface area contributed by atoms with Crippen molar-refractivity contribution in [2.24, 2.45) is 4.99 Å². The summed E-state index contributed by atoms with van der Waals surface area (Å²) in [5.74, 6) is -0.334. The first-order valence-electron chi connectivity index (χ1n) is 8.85. The molecule has 0 fully saturated rings. The third-order valence-electron chi connectivity index (χ3n) is 4.08. The number of ether oxygens (including phenoxy) is 3. The molecule has 1 aromatic heterocycles. The second-order valence-corrected chi connectivity index (χ2v) is 6.07. The van der Waals surface area contributed by atoms with E-state index in [0.717, 1.165) is 5.56 Å². The average Bonchev–Trinajstić information content (AvgIpc) is 3.25. The Bertz CT molecular complexity index is 1070. The number of nitrogens with zero attached hydrogens (tertiary/aromatic N) is 1. The highest BCUT2D eigenvalue weighted by molar-refractivity contribution is 5.90. The van der Waals surface area contributed by atoms with Gasteiger partial charge < -0.3 is 23.7 Å². The van der Waals surface area contributed by atoms with E-state index >= 15 is 0 Å². The van der Waals surface area contributed by atoms with E-state index in [1.807, 2.05) is 0 Å². The lowest BCUT2D eigenvalue weighted by atomic mass is 10.2. The summed E-state index contributed by atoms with van der Waals surface area (Å²) in [5.41, 5.74) is 1.91. The van der Waals surface area contributed by atoms with E-state index in [0.29, 0.717) is 28.5 Å². The molecular weight excluding hydrogens is 390 g/mol. The fraction of sp³-hybridized carbons (Fsp3) is 0.136. The molecule has 2 aromatic carbocycles. The van der Waals surface area contributed by atoms with Crippen LogP contribution in [0.3, 0.4) is 0 Å². The first-order valence-corrected chi connectivity index (χ1v) is 8.85. The van der Waals surface area contributed by atoms with Gasteiger partial charge in [0.1, 0.15) is 12.4 Å². The number of carbonyl (C=O) groups excluding carboxylic acids is 1. The fourth-order valence-electron chi connectivity index (χ4n) is 2.55. The van der Waals surface area contributed by atoms with E-state index in [4.69, 9.17) is 19.0 Å². The fourth-order valence-corrected chi connectivity index (χ4v) is 2.55. The summed E-state index contributed by atoms with van der Waals surface area (Å²) in [6, 6.07) is 14.9. The number of carboxylic acid groups (broad SMARTS) is 1. The van der Waals surface area contributed by atoms with Crippen molar-refractivity contribution >= 4 is 23.8 Å². The predicted octanol–water partition coefficient (Wildman–Crippen LogP) is 4.10. The lowest BCUT2D eigenvalue weighted by molar-refractivity contribution is 0.0599. The molecule has 0 saturated carbocycles. The van der Waals surface area contributed by atoms with Gasteiger partial charge in [-0.25, -0.2) is 9.59 Å². The number of carbonyl (C=O) groups is 2. The van der Waals surface area contributed by atoms with Gasteiger partial charge in [0, 0.05) is 6.21 Å². The molecule has 1 heterocycles. The molecule has 154 valence electrons. The molecule has 0 bridgehead atoms. The topological polar surface area (TPSA) is 108 Å². The Kier molecular flexibility index (Phi) is 6.49. The normalized spacial score (nSPS) is 10.7. The number of aromatic carboxylic acids is 1. The number of hydrogen-bond acceptors (Lipinski definition) is 7. The zero-order chi connectivity index (χ0) is 21.5. The average molecular weight is 409 g/mol. The second kappa shape index (κ2) is 9.42. The third-order valence-corrected chi connectivity index (χ3v) is 4.08. The molecule has 0 radical (unpaired) electrons. The van der Waals surface area contributed by atoms with Crippen LogP contribution in [0, 0.1) is 0 Å². The first kappa shape index (κ1) is 20.7. The molecule has 0 aliphatic rings. The van der Waals surface area contributed by atoms with Crippen molar-refractivity contribution < 1.29 is 33.3 Å². The number of aliphatic imine (C=N–C) groups is 1. The zero-order valence-electron chi connectivity index (χ0n) is 16.3. The number of carboxylic acids is 1. The number of esters is 1. The van der Waals surface area contributed by atoms with E-state index in [1.165, 1.54) is 20.3 Å². The Morgan fingerprint density at radius 1 is 1.03 bits per heavy atom. The van der Waals surface area contributed by atoms with Crippen molar-refractivity contribution in [3.63, 3.8) is 0 Å². The molecule has 0 atom stereocenters. The van der Waals surface area contributed by atoms with Crippen LogP contribution in [0.25, 0.3) is 0 Å². The van der Waals surface area contributed by atoms with Crippen molar-refractivity contribution in [2.75, 3.05) is 14.2 Å². The lowest BCUT2D eigenvalue weighted by Gasteiger charge is -2.10. The van der Waals surface area contributed by atoms with Crippen molar-refractivity contribution in [1.82, 2.24) is 0 Å². The minimum absolute atomic E-state index is 0.0591. The minimum Gasteiger partial charge on any atom is -0.493 e. The highest BCUT2D eigenvalue weighted by Gasteiger charge is 2.11. The molecule has 0 aliphatic heterocycles. The molecular formula is C22H19NO7. The van der Waals surface area contributed by atoms with Gasteiger partial charge in [0.2, 0.25) is 5.76 Å². The molecule has 30 heavy (non-hydrogen) atoms. The maximum atomic E-state index is 11.5. The number of hydrogen-bond donors (Lipinski definition) is 1. The van der Waals surface area contributed by atoms with Crippen molar-refractivity contribution in [3.8, 4) is 11.5 Å². The zero-order valence-corrected chi connectivity index (χ0v) is 16.3. The summed E-state index contributed by atoms with van der Waals surface area (Å²) in [7, 11) is 2.85. The smallest absolute Gasteiger partial charge is 0.371 e. The summed E-state index contributed by atoms with van der Waals surface area (Å²) >= 11 is 0. The van der Waals surface area contributed by atoms with Crippen LogP contribution >= 0.6 is 0 Å². The van der Waals surface area contributed by atoms with Crippen LogP contribution in [-0.2, 0) is 11.3 Å². The molecule has 3 rings (SSSR count). The Morgan fingerprint density at radius 2 is 1.80 bits per heavy atom. The first-order chi connectivity index (χ1) is 14.5. The molecule has 8 nitrogen and oxygen atoms in total. The summed E-state index contributed by atoms with van der Waals surface area (Å²) in [5, 5.41) is 8.89. The maximum Gasteiger partial charge on any atom is 0.371 e. The van der Waals surface area contributed by atoms with Crippen LogP contribution < -0.4 is 9.47 Å². The molecule has 0 unspecified atom stereocenters. The highest BCUT2D eigenvalue weighted by Crippen LogP contribution is 2.29. The van der Waals surface area contributed by atoms with Crippen molar-refractivity contribution in [3.05, 3.63) is 77.2 Å². The van der Waals surface area contributed by atoms with Crippen molar-refractivity contribution in [2.45, 2.75) is 6.61 Å². The van der Waals surface area contributed by atoms with Gasteiger partial charge in [0.25, 0.3) is 0 Å². The summed E-state index contributed by atoms with van der Waals surface area (Å²) in [6.45, 7) is 0.0591. The molecule has 8 heteroatoms. The number of furan rings is 1. The van der Waals surface area contributed by atoms with Gasteiger partial charge >= 0.3 is 11.9 Å². The van der Waals surface area contributed by atoms with Crippen LogP contribution in [0.4, 0.5) is 5.69 Å². The van der Waals surface area contributed by atoms with E-state index in [1.54, 1.807) is 54.7 Å². The van der Waals surface area contributed by atoms with Crippen LogP contribution in [0.1, 0.15) is 32.2 Å². The SMILES string of the molecule is COC(=O)c1ccc(N=Cc2ccc(OCc3ccc(C(=O)O)o3)c(OC)c2)cc1. The van der Waals surface area contributed by atoms with Gasteiger partial charge in [-0.2, -0.15) is 0 Å². The van der Waals surface area contributed by atoms with E-state index < -0.39 is 11.9 Å².